The quantitative estimate of drug-likeness (QED) is 0.839. The van der Waals surface area contributed by atoms with E-state index in [1.165, 1.54) is 30.5 Å². The van der Waals surface area contributed by atoms with Crippen LogP contribution in [0.3, 0.4) is 0 Å². The Balaban J connectivity index is 1.33. The number of piperidine rings is 1. The van der Waals surface area contributed by atoms with Crippen LogP contribution in [0.1, 0.15) is 36.8 Å². The molecule has 4 rings (SSSR count). The van der Waals surface area contributed by atoms with Crippen molar-refractivity contribution < 1.29 is 9.59 Å². The molecule has 29 heavy (non-hydrogen) atoms. The molecule has 2 amide bonds. The van der Waals surface area contributed by atoms with Gasteiger partial charge in [0.25, 0.3) is 0 Å². The third-order valence-electron chi connectivity index (χ3n) is 5.90. The highest BCUT2D eigenvalue weighted by Crippen LogP contribution is 2.24. The molecule has 152 valence electrons. The fraction of sp³-hybridized carbons (Fsp3) is 0.417. The number of likely N-dealkylation sites (tertiary alicyclic amines) is 1. The molecule has 0 aliphatic carbocycles. The van der Waals surface area contributed by atoms with Gasteiger partial charge in [0.1, 0.15) is 0 Å². The van der Waals surface area contributed by atoms with Crippen molar-refractivity contribution in [3.8, 4) is 0 Å². The third kappa shape index (κ3) is 4.78. The normalized spacial score (nSPS) is 19.5. The molecule has 0 aromatic heterocycles. The fourth-order valence-corrected chi connectivity index (χ4v) is 4.28. The van der Waals surface area contributed by atoms with E-state index in [9.17, 15) is 9.59 Å². The molecule has 0 spiro atoms. The van der Waals surface area contributed by atoms with E-state index in [2.05, 4.69) is 28.4 Å². The summed E-state index contributed by atoms with van der Waals surface area (Å²) in [7, 11) is 0. The smallest absolute Gasteiger partial charge is 0.229 e. The maximum atomic E-state index is 12.7. The predicted molar refractivity (Wildman–Crippen MR) is 116 cm³/mol. The summed E-state index contributed by atoms with van der Waals surface area (Å²) in [5.74, 6) is -0.322. The van der Waals surface area contributed by atoms with E-state index in [-0.39, 0.29) is 24.2 Å². The Labute approximate surface area is 172 Å². The van der Waals surface area contributed by atoms with Crippen LogP contribution in [-0.2, 0) is 16.1 Å². The molecular formula is C24H29N3O2. The van der Waals surface area contributed by atoms with Crippen molar-refractivity contribution in [2.75, 3.05) is 29.9 Å². The highest BCUT2D eigenvalue weighted by atomic mass is 16.2. The Morgan fingerprint density at radius 2 is 1.83 bits per heavy atom. The van der Waals surface area contributed by atoms with Gasteiger partial charge in [-0.1, -0.05) is 29.8 Å². The molecule has 1 N–H and O–H groups in total. The number of hydrogen-bond donors (Lipinski definition) is 1. The lowest BCUT2D eigenvalue weighted by molar-refractivity contribution is -0.128. The van der Waals surface area contributed by atoms with Gasteiger partial charge in [-0.2, -0.15) is 0 Å². The standard InChI is InChI=1S/C24H29N3O2/c1-18-6-5-7-19(14-18)16-27-17-20(15-23(27)28)24(29)25-21-8-10-22(11-9-21)26-12-3-2-4-13-26/h5-11,14,20H,2-4,12-13,15-17H2,1H3,(H,25,29). The fourth-order valence-electron chi connectivity index (χ4n) is 4.28. The topological polar surface area (TPSA) is 52.7 Å². The molecule has 2 aliphatic rings. The van der Waals surface area contributed by atoms with Crippen molar-refractivity contribution in [1.29, 1.82) is 0 Å². The minimum atomic E-state index is -0.297. The molecule has 2 saturated heterocycles. The number of carbonyl (C=O) groups excluding carboxylic acids is 2. The number of aryl methyl sites for hydroxylation is 1. The molecule has 2 fully saturated rings. The van der Waals surface area contributed by atoms with Crippen LogP contribution in [0.4, 0.5) is 11.4 Å². The van der Waals surface area contributed by atoms with E-state index in [0.717, 1.165) is 24.3 Å². The summed E-state index contributed by atoms with van der Waals surface area (Å²) in [4.78, 5) is 29.3. The maximum Gasteiger partial charge on any atom is 0.229 e. The number of anilines is 2. The summed E-state index contributed by atoms with van der Waals surface area (Å²) < 4.78 is 0. The lowest BCUT2D eigenvalue weighted by Gasteiger charge is -2.28. The first-order valence-electron chi connectivity index (χ1n) is 10.6. The maximum absolute atomic E-state index is 12.7. The van der Waals surface area contributed by atoms with Crippen molar-refractivity contribution in [3.63, 3.8) is 0 Å². The average molecular weight is 392 g/mol. The molecule has 2 aromatic rings. The van der Waals surface area contributed by atoms with Crippen molar-refractivity contribution in [2.24, 2.45) is 5.92 Å². The monoisotopic (exact) mass is 391 g/mol. The Hall–Kier alpha value is -2.82. The lowest BCUT2D eigenvalue weighted by Crippen LogP contribution is -2.29. The summed E-state index contributed by atoms with van der Waals surface area (Å²) in [5, 5.41) is 2.99. The summed E-state index contributed by atoms with van der Waals surface area (Å²) in [6.45, 7) is 5.29. The van der Waals surface area contributed by atoms with Crippen LogP contribution in [0.5, 0.6) is 0 Å². The number of benzene rings is 2. The predicted octanol–water partition coefficient (Wildman–Crippen LogP) is 3.97. The Kier molecular flexibility index (Phi) is 5.84. The van der Waals surface area contributed by atoms with Crippen molar-refractivity contribution in [2.45, 2.75) is 39.2 Å². The van der Waals surface area contributed by atoms with E-state index in [1.54, 1.807) is 4.90 Å². The molecular weight excluding hydrogens is 362 g/mol. The zero-order valence-electron chi connectivity index (χ0n) is 17.1. The highest BCUT2D eigenvalue weighted by molar-refractivity contribution is 5.97. The van der Waals surface area contributed by atoms with Gasteiger partial charge in [0.05, 0.1) is 5.92 Å². The zero-order chi connectivity index (χ0) is 20.2. The number of nitrogens with one attached hydrogen (secondary N) is 1. The molecule has 2 heterocycles. The highest BCUT2D eigenvalue weighted by Gasteiger charge is 2.34. The van der Waals surface area contributed by atoms with E-state index in [4.69, 9.17) is 0 Å². The molecule has 2 aliphatic heterocycles. The van der Waals surface area contributed by atoms with Gasteiger partial charge in [-0.05, 0) is 56.0 Å². The number of carbonyl (C=O) groups is 2. The molecule has 0 radical (unpaired) electrons. The van der Waals surface area contributed by atoms with Crippen LogP contribution in [0.25, 0.3) is 0 Å². The van der Waals surface area contributed by atoms with E-state index in [1.807, 2.05) is 37.3 Å². The molecule has 1 atom stereocenters. The van der Waals surface area contributed by atoms with Gasteiger partial charge in [-0.25, -0.2) is 0 Å². The number of rotatable bonds is 5. The van der Waals surface area contributed by atoms with E-state index >= 15 is 0 Å². The van der Waals surface area contributed by atoms with Crippen molar-refractivity contribution in [1.82, 2.24) is 4.90 Å². The SMILES string of the molecule is Cc1cccc(CN2CC(C(=O)Nc3ccc(N4CCCCC4)cc3)CC2=O)c1. The average Bonchev–Trinajstić information content (AvgIpc) is 3.10. The van der Waals surface area contributed by atoms with Crippen molar-refractivity contribution >= 4 is 23.2 Å². The van der Waals surface area contributed by atoms with Gasteiger partial charge in [-0.15, -0.1) is 0 Å². The van der Waals surface area contributed by atoms with Crippen LogP contribution in [-0.4, -0.2) is 36.3 Å². The second-order valence-electron chi connectivity index (χ2n) is 8.25. The molecule has 0 bridgehead atoms. The Morgan fingerprint density at radius 3 is 2.55 bits per heavy atom. The van der Waals surface area contributed by atoms with E-state index in [0.29, 0.717) is 13.1 Å². The van der Waals surface area contributed by atoms with Crippen LogP contribution >= 0.6 is 0 Å². The van der Waals surface area contributed by atoms with Gasteiger partial charge in [0, 0.05) is 44.0 Å². The van der Waals surface area contributed by atoms with Gasteiger partial charge in [-0.3, -0.25) is 9.59 Å². The van der Waals surface area contributed by atoms with Gasteiger partial charge in [0.2, 0.25) is 11.8 Å². The second-order valence-corrected chi connectivity index (χ2v) is 8.25. The molecule has 5 heteroatoms. The van der Waals surface area contributed by atoms with Crippen LogP contribution in [0.2, 0.25) is 0 Å². The van der Waals surface area contributed by atoms with Crippen LogP contribution < -0.4 is 10.2 Å². The molecule has 2 aromatic carbocycles. The van der Waals surface area contributed by atoms with E-state index < -0.39 is 0 Å². The zero-order valence-corrected chi connectivity index (χ0v) is 17.1. The largest absolute Gasteiger partial charge is 0.372 e. The second kappa shape index (κ2) is 8.68. The minimum Gasteiger partial charge on any atom is -0.372 e. The first kappa shape index (κ1) is 19.5. The van der Waals surface area contributed by atoms with Gasteiger partial charge in [0.15, 0.2) is 0 Å². The Bertz CT molecular complexity index is 872. The molecule has 5 nitrogen and oxygen atoms in total. The van der Waals surface area contributed by atoms with Crippen molar-refractivity contribution in [3.05, 3.63) is 59.7 Å². The summed E-state index contributed by atoms with van der Waals surface area (Å²) >= 11 is 0. The molecule has 1 unspecified atom stereocenters. The minimum absolute atomic E-state index is 0.0482. The summed E-state index contributed by atoms with van der Waals surface area (Å²) in [6, 6.07) is 16.2. The number of hydrogen-bond acceptors (Lipinski definition) is 3. The lowest BCUT2D eigenvalue weighted by atomic mass is 10.1. The summed E-state index contributed by atoms with van der Waals surface area (Å²) in [6.07, 6.45) is 4.08. The van der Waals surface area contributed by atoms with Crippen LogP contribution in [0.15, 0.2) is 48.5 Å². The Morgan fingerprint density at radius 1 is 1.07 bits per heavy atom. The van der Waals surface area contributed by atoms with Gasteiger partial charge < -0.3 is 15.1 Å². The van der Waals surface area contributed by atoms with Gasteiger partial charge >= 0.3 is 0 Å². The number of nitrogens with zero attached hydrogens (tertiary/aromatic N) is 2. The third-order valence-corrected chi connectivity index (χ3v) is 5.90. The molecule has 0 saturated carbocycles. The number of amides is 2. The van der Waals surface area contributed by atoms with Crippen LogP contribution in [0, 0.1) is 12.8 Å². The first-order chi connectivity index (χ1) is 14.1. The first-order valence-corrected chi connectivity index (χ1v) is 10.6. The summed E-state index contributed by atoms with van der Waals surface area (Å²) in [5.41, 5.74) is 4.28.